The standard InChI is InChI=1S/C40H48F2N4O6/c1-5-52-21-20-46-33-9-7-6-8-32(33)43-38(46)36(47)28-12-16-44(17-13-28)18-14-40(25-29-10-11-30(41)24-31(29)42)15-19-45(39(40)48)26-27-22-34(49-2)37(51-4)35(23-27)50-3/h6-11,22-24,28H,5,12-21,25-26H2,1-4H3. The maximum Gasteiger partial charge on any atom is 0.229 e. The maximum atomic E-state index is 15.1. The number of para-hydroxylation sites is 2. The lowest BCUT2D eigenvalue weighted by atomic mass is 9.76. The van der Waals surface area contributed by atoms with E-state index in [1.54, 1.807) is 19.1 Å². The lowest BCUT2D eigenvalue weighted by molar-refractivity contribution is -0.137. The van der Waals surface area contributed by atoms with Crippen LogP contribution >= 0.6 is 0 Å². The normalized spacial score (nSPS) is 18.3. The molecule has 52 heavy (non-hydrogen) atoms. The highest BCUT2D eigenvalue weighted by Crippen LogP contribution is 2.43. The number of aromatic nitrogens is 2. The number of piperidine rings is 1. The van der Waals surface area contributed by atoms with Gasteiger partial charge >= 0.3 is 0 Å². The molecule has 12 heteroatoms. The number of nitrogens with zero attached hydrogens (tertiary/aromatic N) is 4. The third-order valence-corrected chi connectivity index (χ3v) is 10.6. The van der Waals surface area contributed by atoms with Gasteiger partial charge in [0.1, 0.15) is 11.6 Å². The average molecular weight is 719 g/mol. The first-order chi connectivity index (χ1) is 25.2. The van der Waals surface area contributed by atoms with Gasteiger partial charge in [-0.05, 0) is 100 Å². The molecule has 0 saturated carbocycles. The Morgan fingerprint density at radius 2 is 1.67 bits per heavy atom. The van der Waals surface area contributed by atoms with Crippen molar-refractivity contribution in [1.29, 1.82) is 0 Å². The van der Waals surface area contributed by atoms with Crippen LogP contribution in [-0.2, 0) is 29.0 Å². The topological polar surface area (TPSA) is 95.4 Å². The summed E-state index contributed by atoms with van der Waals surface area (Å²) in [5.41, 5.74) is 1.97. The molecule has 1 unspecified atom stereocenters. The van der Waals surface area contributed by atoms with E-state index in [1.807, 2.05) is 47.9 Å². The number of methoxy groups -OCH3 is 3. The Hall–Kier alpha value is -4.55. The van der Waals surface area contributed by atoms with Crippen LogP contribution < -0.4 is 14.2 Å². The van der Waals surface area contributed by atoms with Crippen molar-refractivity contribution in [3.8, 4) is 17.2 Å². The van der Waals surface area contributed by atoms with Gasteiger partial charge in [0, 0.05) is 38.2 Å². The zero-order valence-electron chi connectivity index (χ0n) is 30.5. The lowest BCUT2D eigenvalue weighted by Gasteiger charge is -2.35. The predicted molar refractivity (Wildman–Crippen MR) is 193 cm³/mol. The number of likely N-dealkylation sites (tertiary alicyclic amines) is 2. The minimum absolute atomic E-state index is 0.0454. The van der Waals surface area contributed by atoms with E-state index in [1.165, 1.54) is 19.2 Å². The van der Waals surface area contributed by atoms with Gasteiger partial charge < -0.3 is 33.3 Å². The van der Waals surface area contributed by atoms with Crippen molar-refractivity contribution in [3.05, 3.63) is 83.2 Å². The molecule has 1 atom stereocenters. The summed E-state index contributed by atoms with van der Waals surface area (Å²) in [6.07, 6.45) is 2.54. The first-order valence-corrected chi connectivity index (χ1v) is 18.0. The SMILES string of the molecule is CCOCCn1c(C(=O)C2CCN(CCC3(Cc4ccc(F)cc4F)CCN(Cc4cc(OC)c(OC)c(OC)c4)C3=O)CC2)nc2ccccc21. The van der Waals surface area contributed by atoms with Crippen LogP contribution in [0.1, 0.15) is 54.4 Å². The number of hydrogen-bond acceptors (Lipinski definition) is 8. The fourth-order valence-corrected chi connectivity index (χ4v) is 7.77. The fraction of sp³-hybridized carbons (Fsp3) is 0.475. The van der Waals surface area contributed by atoms with E-state index >= 15 is 4.39 Å². The van der Waals surface area contributed by atoms with E-state index in [-0.39, 0.29) is 24.0 Å². The molecular weight excluding hydrogens is 670 g/mol. The maximum absolute atomic E-state index is 15.1. The van der Waals surface area contributed by atoms with E-state index in [4.69, 9.17) is 23.9 Å². The molecule has 1 amide bonds. The van der Waals surface area contributed by atoms with Gasteiger partial charge in [0.05, 0.1) is 44.4 Å². The summed E-state index contributed by atoms with van der Waals surface area (Å²) >= 11 is 0. The van der Waals surface area contributed by atoms with Crippen molar-refractivity contribution >= 4 is 22.7 Å². The molecule has 3 aromatic carbocycles. The van der Waals surface area contributed by atoms with Crippen LogP contribution in [0, 0.1) is 23.0 Å². The fourth-order valence-electron chi connectivity index (χ4n) is 7.77. The number of rotatable bonds is 16. The molecule has 6 rings (SSSR count). The second-order valence-electron chi connectivity index (χ2n) is 13.7. The second-order valence-corrected chi connectivity index (χ2v) is 13.7. The van der Waals surface area contributed by atoms with E-state index in [9.17, 15) is 14.0 Å². The Morgan fingerprint density at radius 1 is 0.942 bits per heavy atom. The Labute approximate surface area is 303 Å². The van der Waals surface area contributed by atoms with E-state index in [0.29, 0.717) is 107 Å². The van der Waals surface area contributed by atoms with Crippen LogP contribution in [0.25, 0.3) is 11.0 Å². The summed E-state index contributed by atoms with van der Waals surface area (Å²) in [7, 11) is 4.63. The summed E-state index contributed by atoms with van der Waals surface area (Å²) in [6.45, 7) is 6.40. The number of Topliss-reactive ketones (excluding diaryl/α,β-unsaturated/α-hetero) is 1. The molecule has 4 aromatic rings. The van der Waals surface area contributed by atoms with Gasteiger partial charge in [-0.15, -0.1) is 0 Å². The first kappa shape index (κ1) is 37.2. The molecule has 1 aromatic heterocycles. The highest BCUT2D eigenvalue weighted by atomic mass is 19.1. The summed E-state index contributed by atoms with van der Waals surface area (Å²) in [5.74, 6) is 0.437. The van der Waals surface area contributed by atoms with Crippen LogP contribution in [0.4, 0.5) is 8.78 Å². The number of amides is 1. The second kappa shape index (κ2) is 16.4. The minimum Gasteiger partial charge on any atom is -0.493 e. The third kappa shape index (κ3) is 7.78. The zero-order valence-corrected chi connectivity index (χ0v) is 30.5. The van der Waals surface area contributed by atoms with Gasteiger partial charge in [-0.25, -0.2) is 13.8 Å². The van der Waals surface area contributed by atoms with Crippen LogP contribution in [-0.4, -0.2) is 91.8 Å². The Morgan fingerprint density at radius 3 is 2.35 bits per heavy atom. The molecule has 0 spiro atoms. The van der Waals surface area contributed by atoms with Gasteiger partial charge in [0.25, 0.3) is 0 Å². The number of benzene rings is 3. The van der Waals surface area contributed by atoms with E-state index in [2.05, 4.69) is 4.90 Å². The molecule has 278 valence electrons. The molecule has 2 fully saturated rings. The average Bonchev–Trinajstić information content (AvgIpc) is 3.68. The Bertz CT molecular complexity index is 1870. The number of imidazole rings is 1. The monoisotopic (exact) mass is 718 g/mol. The summed E-state index contributed by atoms with van der Waals surface area (Å²) in [5, 5.41) is 0. The van der Waals surface area contributed by atoms with Gasteiger partial charge in [-0.2, -0.15) is 0 Å². The number of ketones is 1. The molecule has 2 aliphatic rings. The molecule has 2 saturated heterocycles. The van der Waals surface area contributed by atoms with Gasteiger partial charge in [0.2, 0.25) is 17.4 Å². The van der Waals surface area contributed by atoms with Crippen molar-refractivity contribution in [2.45, 2.75) is 52.1 Å². The summed E-state index contributed by atoms with van der Waals surface area (Å²) in [4.78, 5) is 37.1. The van der Waals surface area contributed by atoms with E-state index < -0.39 is 17.0 Å². The zero-order chi connectivity index (χ0) is 36.8. The lowest BCUT2D eigenvalue weighted by Crippen LogP contribution is -2.42. The molecule has 0 radical (unpaired) electrons. The van der Waals surface area contributed by atoms with Crippen LogP contribution in [0.3, 0.4) is 0 Å². The molecule has 2 aliphatic heterocycles. The van der Waals surface area contributed by atoms with Crippen molar-refractivity contribution in [2.75, 3.05) is 60.7 Å². The molecular formula is C40H48F2N4O6. The molecule has 10 nitrogen and oxygen atoms in total. The third-order valence-electron chi connectivity index (χ3n) is 10.6. The highest BCUT2D eigenvalue weighted by Gasteiger charge is 2.47. The Balaban J connectivity index is 1.15. The number of fused-ring (bicyclic) bond motifs is 1. The number of carbonyl (C=O) groups excluding carboxylic acids is 2. The first-order valence-electron chi connectivity index (χ1n) is 18.0. The van der Waals surface area contributed by atoms with Crippen LogP contribution in [0.15, 0.2) is 54.6 Å². The van der Waals surface area contributed by atoms with Crippen molar-refractivity contribution in [1.82, 2.24) is 19.4 Å². The number of hydrogen-bond donors (Lipinski definition) is 0. The quantitative estimate of drug-likeness (QED) is 0.0982. The molecule has 3 heterocycles. The van der Waals surface area contributed by atoms with Crippen LogP contribution in [0.5, 0.6) is 17.2 Å². The van der Waals surface area contributed by atoms with Crippen molar-refractivity contribution < 1.29 is 37.3 Å². The van der Waals surface area contributed by atoms with Gasteiger partial charge in [-0.3, -0.25) is 9.59 Å². The Kier molecular flexibility index (Phi) is 11.7. The minimum atomic E-state index is -0.878. The molecule has 0 aliphatic carbocycles. The molecule has 0 N–H and O–H groups in total. The van der Waals surface area contributed by atoms with Gasteiger partial charge in [-0.1, -0.05) is 18.2 Å². The number of carbonyl (C=O) groups is 2. The molecule has 0 bridgehead atoms. The summed E-state index contributed by atoms with van der Waals surface area (Å²) in [6, 6.07) is 15.0. The number of halogens is 2. The van der Waals surface area contributed by atoms with Crippen molar-refractivity contribution in [3.63, 3.8) is 0 Å². The number of ether oxygens (including phenoxy) is 4. The van der Waals surface area contributed by atoms with Crippen LogP contribution in [0.2, 0.25) is 0 Å². The predicted octanol–water partition coefficient (Wildman–Crippen LogP) is 6.32. The summed E-state index contributed by atoms with van der Waals surface area (Å²) < 4.78 is 53.0. The van der Waals surface area contributed by atoms with Crippen molar-refractivity contribution in [2.24, 2.45) is 11.3 Å². The largest absolute Gasteiger partial charge is 0.493 e. The highest BCUT2D eigenvalue weighted by molar-refractivity contribution is 5.98. The van der Waals surface area contributed by atoms with E-state index in [0.717, 1.165) is 22.7 Å². The van der Waals surface area contributed by atoms with Gasteiger partial charge in [0.15, 0.2) is 17.3 Å². The smallest absolute Gasteiger partial charge is 0.229 e.